The first-order valence-electron chi connectivity index (χ1n) is 4.60. The SMILES string of the molecule is CCCCc1ccc(C)c(F)c1F. The molecule has 0 saturated heterocycles. The summed E-state index contributed by atoms with van der Waals surface area (Å²) in [5.41, 5.74) is 0.864. The molecular formula is C11H14F2. The number of benzene rings is 1. The zero-order valence-electron chi connectivity index (χ0n) is 8.03. The van der Waals surface area contributed by atoms with Gasteiger partial charge in [0.05, 0.1) is 0 Å². The van der Waals surface area contributed by atoms with Crippen LogP contribution in [0.3, 0.4) is 0 Å². The molecule has 13 heavy (non-hydrogen) atoms. The Balaban J connectivity index is 2.90. The van der Waals surface area contributed by atoms with Gasteiger partial charge in [0.25, 0.3) is 0 Å². The molecule has 0 aromatic heterocycles. The van der Waals surface area contributed by atoms with Crippen molar-refractivity contribution in [2.75, 3.05) is 0 Å². The third-order valence-electron chi connectivity index (χ3n) is 2.16. The third-order valence-corrected chi connectivity index (χ3v) is 2.16. The first-order chi connectivity index (χ1) is 6.16. The predicted molar refractivity (Wildman–Crippen MR) is 49.7 cm³/mol. The van der Waals surface area contributed by atoms with E-state index >= 15 is 0 Å². The molecule has 0 bridgehead atoms. The third kappa shape index (κ3) is 2.27. The normalized spacial score (nSPS) is 10.5. The number of halogens is 2. The van der Waals surface area contributed by atoms with Crippen LogP contribution >= 0.6 is 0 Å². The molecule has 1 aromatic rings. The summed E-state index contributed by atoms with van der Waals surface area (Å²) in [5.74, 6) is -1.37. The highest BCUT2D eigenvalue weighted by molar-refractivity contribution is 5.25. The van der Waals surface area contributed by atoms with E-state index in [1.807, 2.05) is 6.92 Å². The minimum Gasteiger partial charge on any atom is -0.203 e. The molecule has 0 radical (unpaired) electrons. The molecule has 0 nitrogen and oxygen atoms in total. The molecule has 1 rings (SSSR count). The second kappa shape index (κ2) is 4.35. The first-order valence-corrected chi connectivity index (χ1v) is 4.60. The molecule has 0 saturated carbocycles. The molecule has 0 aliphatic rings. The van der Waals surface area contributed by atoms with Crippen molar-refractivity contribution in [3.05, 3.63) is 34.9 Å². The quantitative estimate of drug-likeness (QED) is 0.673. The van der Waals surface area contributed by atoms with Crippen molar-refractivity contribution in [2.24, 2.45) is 0 Å². The lowest BCUT2D eigenvalue weighted by atomic mass is 10.1. The smallest absolute Gasteiger partial charge is 0.162 e. The monoisotopic (exact) mass is 184 g/mol. The lowest BCUT2D eigenvalue weighted by Crippen LogP contribution is -1.96. The molecular weight excluding hydrogens is 170 g/mol. The summed E-state index contributed by atoms with van der Waals surface area (Å²) in [6.45, 7) is 3.60. The summed E-state index contributed by atoms with van der Waals surface area (Å²) in [6.07, 6.45) is 2.52. The second-order valence-corrected chi connectivity index (χ2v) is 3.27. The van der Waals surface area contributed by atoms with E-state index in [0.29, 0.717) is 17.5 Å². The molecule has 72 valence electrons. The lowest BCUT2D eigenvalue weighted by Gasteiger charge is -2.04. The first kappa shape index (κ1) is 10.2. The van der Waals surface area contributed by atoms with Gasteiger partial charge in [-0.15, -0.1) is 0 Å². The zero-order chi connectivity index (χ0) is 9.84. The summed E-state index contributed by atoms with van der Waals surface area (Å²) < 4.78 is 26.3. The van der Waals surface area contributed by atoms with Crippen LogP contribution in [0.2, 0.25) is 0 Å². The summed E-state index contributed by atoms with van der Waals surface area (Å²) in [6, 6.07) is 3.30. The Kier molecular flexibility index (Phi) is 3.40. The summed E-state index contributed by atoms with van der Waals surface area (Å²) in [7, 11) is 0. The van der Waals surface area contributed by atoms with Crippen LogP contribution in [0, 0.1) is 18.6 Å². The van der Waals surface area contributed by atoms with Gasteiger partial charge in [-0.25, -0.2) is 8.78 Å². The van der Waals surface area contributed by atoms with Crippen LogP contribution in [-0.2, 0) is 6.42 Å². The van der Waals surface area contributed by atoms with Gasteiger partial charge in [0.1, 0.15) is 0 Å². The average molecular weight is 184 g/mol. The van der Waals surface area contributed by atoms with Crippen LogP contribution in [-0.4, -0.2) is 0 Å². The van der Waals surface area contributed by atoms with Gasteiger partial charge in [0.2, 0.25) is 0 Å². The van der Waals surface area contributed by atoms with Crippen LogP contribution in [0.25, 0.3) is 0 Å². The lowest BCUT2D eigenvalue weighted by molar-refractivity contribution is 0.491. The van der Waals surface area contributed by atoms with Crippen molar-refractivity contribution in [1.82, 2.24) is 0 Å². The van der Waals surface area contributed by atoms with Crippen LogP contribution < -0.4 is 0 Å². The van der Waals surface area contributed by atoms with Gasteiger partial charge < -0.3 is 0 Å². The van der Waals surface area contributed by atoms with Gasteiger partial charge in [-0.05, 0) is 30.9 Å². The Hall–Kier alpha value is -0.920. The fourth-order valence-corrected chi connectivity index (χ4v) is 1.25. The highest BCUT2D eigenvalue weighted by Gasteiger charge is 2.09. The van der Waals surface area contributed by atoms with Crippen LogP contribution in [0.5, 0.6) is 0 Å². The van der Waals surface area contributed by atoms with E-state index in [9.17, 15) is 8.78 Å². The van der Waals surface area contributed by atoms with E-state index in [0.717, 1.165) is 12.8 Å². The Morgan fingerprint density at radius 3 is 2.46 bits per heavy atom. The van der Waals surface area contributed by atoms with Gasteiger partial charge in [0, 0.05) is 0 Å². The van der Waals surface area contributed by atoms with Crippen LogP contribution in [0.4, 0.5) is 8.78 Å². The molecule has 0 aliphatic carbocycles. The minimum absolute atomic E-state index is 0.373. The van der Waals surface area contributed by atoms with E-state index in [2.05, 4.69) is 0 Å². The number of hydrogen-bond donors (Lipinski definition) is 0. The number of unbranched alkanes of at least 4 members (excludes halogenated alkanes) is 1. The second-order valence-electron chi connectivity index (χ2n) is 3.27. The zero-order valence-corrected chi connectivity index (χ0v) is 8.03. The predicted octanol–water partition coefficient (Wildman–Crippen LogP) is 3.62. The molecule has 0 unspecified atom stereocenters. The molecule has 0 fully saturated rings. The highest BCUT2D eigenvalue weighted by Crippen LogP contribution is 2.17. The Labute approximate surface area is 77.6 Å². The molecule has 0 N–H and O–H groups in total. The highest BCUT2D eigenvalue weighted by atomic mass is 19.2. The van der Waals surface area contributed by atoms with Crippen molar-refractivity contribution in [3.8, 4) is 0 Å². The molecule has 0 spiro atoms. The van der Waals surface area contributed by atoms with Crippen molar-refractivity contribution in [2.45, 2.75) is 33.1 Å². The van der Waals surface area contributed by atoms with E-state index in [-0.39, 0.29) is 0 Å². The van der Waals surface area contributed by atoms with Crippen molar-refractivity contribution in [3.63, 3.8) is 0 Å². The van der Waals surface area contributed by atoms with E-state index in [1.54, 1.807) is 19.1 Å². The number of hydrogen-bond acceptors (Lipinski definition) is 0. The fourth-order valence-electron chi connectivity index (χ4n) is 1.25. The van der Waals surface area contributed by atoms with Crippen molar-refractivity contribution < 1.29 is 8.78 Å². The maximum Gasteiger partial charge on any atom is 0.162 e. The fraction of sp³-hybridized carbons (Fsp3) is 0.455. The summed E-state index contributed by atoms with van der Waals surface area (Å²) in [5, 5.41) is 0. The summed E-state index contributed by atoms with van der Waals surface area (Å²) in [4.78, 5) is 0. The van der Waals surface area contributed by atoms with Gasteiger partial charge in [0.15, 0.2) is 11.6 Å². The molecule has 0 atom stereocenters. The largest absolute Gasteiger partial charge is 0.203 e. The van der Waals surface area contributed by atoms with Crippen molar-refractivity contribution >= 4 is 0 Å². The Morgan fingerprint density at radius 1 is 1.15 bits per heavy atom. The van der Waals surface area contributed by atoms with Crippen LogP contribution in [0.1, 0.15) is 30.9 Å². The molecule has 0 aliphatic heterocycles. The molecule has 0 heterocycles. The maximum atomic E-state index is 13.2. The standard InChI is InChI=1S/C11H14F2/c1-3-4-5-9-7-6-8(2)10(12)11(9)13/h6-7H,3-5H2,1-2H3. The number of rotatable bonds is 3. The van der Waals surface area contributed by atoms with Crippen LogP contribution in [0.15, 0.2) is 12.1 Å². The van der Waals surface area contributed by atoms with E-state index < -0.39 is 11.6 Å². The van der Waals surface area contributed by atoms with Crippen molar-refractivity contribution in [1.29, 1.82) is 0 Å². The average Bonchev–Trinajstić information content (AvgIpc) is 2.13. The summed E-state index contributed by atoms with van der Waals surface area (Å²) >= 11 is 0. The Morgan fingerprint density at radius 2 is 1.85 bits per heavy atom. The number of aryl methyl sites for hydroxylation is 2. The Bertz CT molecular complexity index is 292. The molecule has 1 aromatic carbocycles. The van der Waals surface area contributed by atoms with E-state index in [4.69, 9.17) is 0 Å². The van der Waals surface area contributed by atoms with Gasteiger partial charge in [-0.3, -0.25) is 0 Å². The molecule has 0 amide bonds. The van der Waals surface area contributed by atoms with Gasteiger partial charge in [-0.2, -0.15) is 0 Å². The maximum absolute atomic E-state index is 13.2. The minimum atomic E-state index is -0.700. The topological polar surface area (TPSA) is 0 Å². The van der Waals surface area contributed by atoms with E-state index in [1.165, 1.54) is 0 Å². The van der Waals surface area contributed by atoms with Gasteiger partial charge in [-0.1, -0.05) is 25.5 Å². The molecule has 2 heteroatoms. The van der Waals surface area contributed by atoms with Gasteiger partial charge >= 0.3 is 0 Å².